The molecule has 1 N–H and O–H groups in total. The van der Waals surface area contributed by atoms with Crippen LogP contribution in [0.5, 0.6) is 11.5 Å². The Morgan fingerprint density at radius 2 is 1.50 bits per heavy atom. The second-order valence-electron chi connectivity index (χ2n) is 7.89. The fourth-order valence-corrected chi connectivity index (χ4v) is 4.98. The maximum absolute atomic E-state index is 13.1. The fraction of sp³-hybridized carbons (Fsp3) is 0.240. The SMILES string of the molecule is O=C(OCc1ccccc1)C1(NS(=O)(=O)c2ccc(Oc3ccc(F)cc3)cc2)CCOCC1. The lowest BCUT2D eigenvalue weighted by Gasteiger charge is -2.35. The molecular weight excluding hydrogens is 461 g/mol. The number of carbonyl (C=O) groups excluding carboxylic acids is 1. The highest BCUT2D eigenvalue weighted by molar-refractivity contribution is 7.89. The van der Waals surface area contributed by atoms with E-state index in [1.807, 2.05) is 30.3 Å². The van der Waals surface area contributed by atoms with Crippen molar-refractivity contribution in [3.8, 4) is 11.5 Å². The Morgan fingerprint density at radius 1 is 0.912 bits per heavy atom. The van der Waals surface area contributed by atoms with Crippen molar-refractivity contribution in [2.24, 2.45) is 0 Å². The van der Waals surface area contributed by atoms with E-state index in [4.69, 9.17) is 14.2 Å². The van der Waals surface area contributed by atoms with Crippen molar-refractivity contribution in [2.45, 2.75) is 29.9 Å². The molecule has 3 aromatic carbocycles. The molecule has 1 aliphatic heterocycles. The van der Waals surface area contributed by atoms with Gasteiger partial charge in [0.15, 0.2) is 0 Å². The van der Waals surface area contributed by atoms with Crippen molar-refractivity contribution in [2.75, 3.05) is 13.2 Å². The largest absolute Gasteiger partial charge is 0.459 e. The van der Waals surface area contributed by atoms with Gasteiger partial charge in [0.1, 0.15) is 29.5 Å². The zero-order valence-corrected chi connectivity index (χ0v) is 19.1. The predicted octanol–water partition coefficient (Wildman–Crippen LogP) is 4.19. The minimum Gasteiger partial charge on any atom is -0.459 e. The summed E-state index contributed by atoms with van der Waals surface area (Å²) in [7, 11) is -4.05. The van der Waals surface area contributed by atoms with E-state index in [0.29, 0.717) is 11.5 Å². The lowest BCUT2D eigenvalue weighted by molar-refractivity contribution is -0.156. The molecule has 1 saturated heterocycles. The Morgan fingerprint density at radius 3 is 2.12 bits per heavy atom. The topological polar surface area (TPSA) is 90.9 Å². The van der Waals surface area contributed by atoms with E-state index in [0.717, 1.165) is 5.56 Å². The summed E-state index contributed by atoms with van der Waals surface area (Å²) in [6.07, 6.45) is 0.317. The summed E-state index contributed by atoms with van der Waals surface area (Å²) in [4.78, 5) is 13.0. The number of halogens is 1. The summed E-state index contributed by atoms with van der Waals surface area (Å²) in [5, 5.41) is 0. The molecule has 0 spiro atoms. The van der Waals surface area contributed by atoms with Gasteiger partial charge in [-0.15, -0.1) is 0 Å². The molecule has 178 valence electrons. The van der Waals surface area contributed by atoms with E-state index in [9.17, 15) is 17.6 Å². The second kappa shape index (κ2) is 10.3. The van der Waals surface area contributed by atoms with Gasteiger partial charge >= 0.3 is 5.97 Å². The molecular formula is C25H24FNO6S. The second-order valence-corrected chi connectivity index (χ2v) is 9.57. The Kier molecular flexibility index (Phi) is 7.26. The number of ether oxygens (including phenoxy) is 3. The summed E-state index contributed by atoms with van der Waals surface area (Å²) in [5.41, 5.74) is -0.618. The zero-order valence-electron chi connectivity index (χ0n) is 18.3. The molecule has 1 fully saturated rings. The first-order chi connectivity index (χ1) is 16.4. The Balaban J connectivity index is 1.48. The van der Waals surface area contributed by atoms with Crippen LogP contribution in [0.3, 0.4) is 0 Å². The number of benzene rings is 3. The molecule has 0 atom stereocenters. The van der Waals surface area contributed by atoms with Crippen LogP contribution in [0.2, 0.25) is 0 Å². The van der Waals surface area contributed by atoms with Gasteiger partial charge < -0.3 is 14.2 Å². The van der Waals surface area contributed by atoms with E-state index in [1.54, 1.807) is 0 Å². The highest BCUT2D eigenvalue weighted by atomic mass is 32.2. The smallest absolute Gasteiger partial charge is 0.327 e. The quantitative estimate of drug-likeness (QED) is 0.481. The van der Waals surface area contributed by atoms with Crippen molar-refractivity contribution in [3.05, 3.63) is 90.2 Å². The first-order valence-corrected chi connectivity index (χ1v) is 12.2. The average Bonchev–Trinajstić information content (AvgIpc) is 2.85. The van der Waals surface area contributed by atoms with Gasteiger partial charge in [-0.1, -0.05) is 30.3 Å². The highest BCUT2D eigenvalue weighted by Crippen LogP contribution is 2.28. The summed E-state index contributed by atoms with van der Waals surface area (Å²) in [6, 6.07) is 20.4. The lowest BCUT2D eigenvalue weighted by Crippen LogP contribution is -2.58. The number of hydrogen-bond acceptors (Lipinski definition) is 6. The van der Waals surface area contributed by atoms with E-state index >= 15 is 0 Å². The van der Waals surface area contributed by atoms with Gasteiger partial charge in [0.25, 0.3) is 0 Å². The van der Waals surface area contributed by atoms with Gasteiger partial charge in [-0.05, 0) is 54.1 Å². The van der Waals surface area contributed by atoms with Crippen LogP contribution in [0.15, 0.2) is 83.8 Å². The number of hydrogen-bond donors (Lipinski definition) is 1. The van der Waals surface area contributed by atoms with Crippen LogP contribution >= 0.6 is 0 Å². The van der Waals surface area contributed by atoms with E-state index in [2.05, 4.69) is 4.72 Å². The van der Waals surface area contributed by atoms with E-state index < -0.39 is 21.5 Å². The summed E-state index contributed by atoms with van der Waals surface area (Å²) >= 11 is 0. The average molecular weight is 486 g/mol. The minimum absolute atomic E-state index is 0.0271. The standard InChI is InChI=1S/C25H24FNO6S/c26-20-6-8-21(9-7-20)33-22-10-12-23(13-11-22)34(29,30)27-25(14-16-31-17-15-25)24(28)32-18-19-4-2-1-3-5-19/h1-13,27H,14-18H2. The molecule has 7 nitrogen and oxygen atoms in total. The van der Waals surface area contributed by atoms with Crippen molar-refractivity contribution in [1.29, 1.82) is 0 Å². The third kappa shape index (κ3) is 5.80. The molecule has 0 amide bonds. The monoisotopic (exact) mass is 485 g/mol. The van der Waals surface area contributed by atoms with Gasteiger partial charge in [-0.25, -0.2) is 12.8 Å². The van der Waals surface area contributed by atoms with Gasteiger partial charge in [0.05, 0.1) is 4.90 Å². The summed E-state index contributed by atoms with van der Waals surface area (Å²) in [5.74, 6) is -0.227. The molecule has 1 heterocycles. The maximum Gasteiger partial charge on any atom is 0.327 e. The molecule has 0 saturated carbocycles. The van der Waals surface area contributed by atoms with Crippen LogP contribution < -0.4 is 9.46 Å². The molecule has 9 heteroatoms. The molecule has 0 aromatic heterocycles. The van der Waals surface area contributed by atoms with Crippen molar-refractivity contribution < 1.29 is 31.8 Å². The molecule has 0 radical (unpaired) electrons. The maximum atomic E-state index is 13.1. The fourth-order valence-electron chi connectivity index (χ4n) is 3.57. The third-order valence-corrected chi connectivity index (χ3v) is 7.02. The molecule has 34 heavy (non-hydrogen) atoms. The third-order valence-electron chi connectivity index (χ3n) is 5.46. The molecule has 1 aliphatic rings. The van der Waals surface area contributed by atoms with Gasteiger partial charge in [0.2, 0.25) is 10.0 Å². The lowest BCUT2D eigenvalue weighted by atomic mass is 9.91. The first kappa shape index (κ1) is 23.9. The first-order valence-electron chi connectivity index (χ1n) is 10.7. The van der Waals surface area contributed by atoms with Gasteiger partial charge in [-0.3, -0.25) is 4.79 Å². The Hall–Kier alpha value is -3.27. The van der Waals surface area contributed by atoms with Crippen LogP contribution in [-0.2, 0) is 30.9 Å². The Labute approximate surface area is 197 Å². The normalized spacial score (nSPS) is 15.4. The highest BCUT2D eigenvalue weighted by Gasteiger charge is 2.45. The number of carbonyl (C=O) groups is 1. The van der Waals surface area contributed by atoms with E-state index in [1.165, 1.54) is 48.5 Å². The van der Waals surface area contributed by atoms with Crippen LogP contribution in [0.1, 0.15) is 18.4 Å². The van der Waals surface area contributed by atoms with Crippen molar-refractivity contribution >= 4 is 16.0 Å². The van der Waals surface area contributed by atoms with Crippen LogP contribution in [-0.4, -0.2) is 33.1 Å². The van der Waals surface area contributed by atoms with E-state index in [-0.39, 0.29) is 43.4 Å². The molecule has 4 rings (SSSR count). The van der Waals surface area contributed by atoms with Crippen LogP contribution in [0.4, 0.5) is 4.39 Å². The van der Waals surface area contributed by atoms with Gasteiger partial charge in [-0.2, -0.15) is 4.72 Å². The number of sulfonamides is 1. The van der Waals surface area contributed by atoms with Gasteiger partial charge in [0, 0.05) is 26.1 Å². The predicted molar refractivity (Wildman–Crippen MR) is 122 cm³/mol. The van der Waals surface area contributed by atoms with Crippen molar-refractivity contribution in [1.82, 2.24) is 4.72 Å². The van der Waals surface area contributed by atoms with Crippen LogP contribution in [0.25, 0.3) is 0 Å². The molecule has 0 unspecified atom stereocenters. The zero-order chi connectivity index (χ0) is 24.0. The minimum atomic E-state index is -4.05. The molecule has 0 bridgehead atoms. The number of esters is 1. The van der Waals surface area contributed by atoms with Crippen molar-refractivity contribution in [3.63, 3.8) is 0 Å². The Bertz CT molecular complexity index is 1210. The number of nitrogens with one attached hydrogen (secondary N) is 1. The van der Waals surface area contributed by atoms with Crippen LogP contribution in [0, 0.1) is 5.82 Å². The molecule has 3 aromatic rings. The number of rotatable bonds is 8. The summed E-state index contributed by atoms with van der Waals surface area (Å²) in [6.45, 7) is 0.500. The molecule has 0 aliphatic carbocycles. The summed E-state index contributed by atoms with van der Waals surface area (Å²) < 4.78 is 58.4.